The van der Waals surface area contributed by atoms with Crippen LogP contribution in [-0.4, -0.2) is 28.7 Å². The van der Waals surface area contributed by atoms with Crippen molar-refractivity contribution in [3.05, 3.63) is 48.1 Å². The molecule has 3 unspecified atom stereocenters. The predicted octanol–water partition coefficient (Wildman–Crippen LogP) is 4.43. The molecule has 1 heterocycles. The van der Waals surface area contributed by atoms with Crippen molar-refractivity contribution in [2.75, 3.05) is 0 Å². The number of hydrogen-bond acceptors (Lipinski definition) is 4. The Morgan fingerprint density at radius 2 is 2.15 bits per heavy atom. The Kier molecular flexibility index (Phi) is 7.74. The van der Waals surface area contributed by atoms with Crippen molar-refractivity contribution >= 4 is 5.78 Å². The summed E-state index contributed by atoms with van der Waals surface area (Å²) in [6.07, 6.45) is 9.55. The van der Waals surface area contributed by atoms with Crippen LogP contribution in [0.4, 0.5) is 0 Å². The van der Waals surface area contributed by atoms with Crippen LogP contribution in [0.15, 0.2) is 48.1 Å². The lowest BCUT2D eigenvalue weighted by molar-refractivity contribution is -0.129. The van der Waals surface area contributed by atoms with Crippen LogP contribution in [0.3, 0.4) is 0 Å². The minimum atomic E-state index is -0.748. The van der Waals surface area contributed by atoms with Crippen molar-refractivity contribution in [2.24, 2.45) is 5.41 Å². The third-order valence-corrected chi connectivity index (χ3v) is 4.65. The van der Waals surface area contributed by atoms with Crippen molar-refractivity contribution in [2.45, 2.75) is 71.7 Å². The van der Waals surface area contributed by atoms with Crippen LogP contribution in [0.25, 0.3) is 0 Å². The van der Waals surface area contributed by atoms with Gasteiger partial charge in [0.1, 0.15) is 6.07 Å². The average Bonchev–Trinajstić information content (AvgIpc) is 2.88. The van der Waals surface area contributed by atoms with Gasteiger partial charge < -0.3 is 9.84 Å². The molecule has 1 saturated heterocycles. The van der Waals surface area contributed by atoms with Gasteiger partial charge in [-0.15, -0.1) is 0 Å². The molecule has 1 aliphatic heterocycles. The molecule has 1 spiro atoms. The van der Waals surface area contributed by atoms with Gasteiger partial charge in [-0.1, -0.05) is 58.6 Å². The van der Waals surface area contributed by atoms with E-state index in [1.807, 2.05) is 58.9 Å². The molecule has 2 rings (SSSR count). The maximum Gasteiger partial charge on any atom is 0.178 e. The molecule has 1 N–H and O–H groups in total. The lowest BCUT2D eigenvalue weighted by Gasteiger charge is -2.38. The maximum absolute atomic E-state index is 12.3. The molecular weight excluding hydrogens is 326 g/mol. The van der Waals surface area contributed by atoms with E-state index < -0.39 is 17.1 Å². The number of rotatable bonds is 4. The molecular formula is C22H31NO3. The van der Waals surface area contributed by atoms with E-state index in [9.17, 15) is 15.2 Å². The van der Waals surface area contributed by atoms with E-state index in [2.05, 4.69) is 6.58 Å². The second-order valence-corrected chi connectivity index (χ2v) is 7.23. The highest BCUT2D eigenvalue weighted by molar-refractivity contribution is 6.03. The Hall–Kier alpha value is -1.96. The van der Waals surface area contributed by atoms with E-state index in [-0.39, 0.29) is 17.5 Å². The predicted molar refractivity (Wildman–Crippen MR) is 104 cm³/mol. The second-order valence-electron chi connectivity index (χ2n) is 7.23. The number of allylic oxidation sites excluding steroid dienone is 5. The minimum absolute atomic E-state index is 0.134. The topological polar surface area (TPSA) is 70.3 Å². The van der Waals surface area contributed by atoms with Crippen LogP contribution in [0.1, 0.15) is 53.9 Å². The van der Waals surface area contributed by atoms with Gasteiger partial charge in [0, 0.05) is 18.3 Å². The number of ether oxygens (including phenoxy) is 1. The average molecular weight is 357 g/mol. The summed E-state index contributed by atoms with van der Waals surface area (Å²) in [7, 11) is 0. The molecule has 0 aromatic heterocycles. The first kappa shape index (κ1) is 22.1. The zero-order valence-electron chi connectivity index (χ0n) is 16.6. The van der Waals surface area contributed by atoms with Crippen LogP contribution >= 0.6 is 0 Å². The first-order chi connectivity index (χ1) is 12.3. The van der Waals surface area contributed by atoms with Gasteiger partial charge in [-0.25, -0.2) is 0 Å². The molecule has 0 aromatic rings. The van der Waals surface area contributed by atoms with Crippen LogP contribution < -0.4 is 0 Å². The normalized spacial score (nSPS) is 30.6. The quantitative estimate of drug-likeness (QED) is 0.756. The number of ketones is 1. The van der Waals surface area contributed by atoms with E-state index in [1.165, 1.54) is 0 Å². The molecule has 3 atom stereocenters. The number of aliphatic hydroxyl groups is 1. The highest BCUT2D eigenvalue weighted by Crippen LogP contribution is 2.47. The third-order valence-electron chi connectivity index (χ3n) is 4.65. The van der Waals surface area contributed by atoms with Gasteiger partial charge in [-0.2, -0.15) is 5.26 Å². The first-order valence-corrected chi connectivity index (χ1v) is 9.25. The summed E-state index contributed by atoms with van der Waals surface area (Å²) in [5.74, 6) is -0.154. The van der Waals surface area contributed by atoms with E-state index in [4.69, 9.17) is 4.74 Å². The molecule has 0 radical (unpaired) electrons. The number of carbonyl (C=O) groups is 1. The summed E-state index contributed by atoms with van der Waals surface area (Å²) in [6.45, 7) is 13.3. The molecule has 0 bridgehead atoms. The van der Waals surface area contributed by atoms with Crippen molar-refractivity contribution in [1.29, 1.82) is 5.26 Å². The van der Waals surface area contributed by atoms with Crippen LogP contribution in [0.5, 0.6) is 0 Å². The Balaban J connectivity index is 0.00000163. The van der Waals surface area contributed by atoms with Crippen LogP contribution in [0.2, 0.25) is 0 Å². The van der Waals surface area contributed by atoms with Crippen LogP contribution in [-0.2, 0) is 9.53 Å². The number of nitriles is 1. The summed E-state index contributed by atoms with van der Waals surface area (Å²) in [5.41, 5.74) is -0.266. The molecule has 4 nitrogen and oxygen atoms in total. The molecule has 1 fully saturated rings. The van der Waals surface area contributed by atoms with Gasteiger partial charge in [0.15, 0.2) is 5.78 Å². The smallest absolute Gasteiger partial charge is 0.178 e. The summed E-state index contributed by atoms with van der Waals surface area (Å²) >= 11 is 0. The van der Waals surface area contributed by atoms with Gasteiger partial charge in [0.05, 0.1) is 23.4 Å². The third kappa shape index (κ3) is 4.81. The summed E-state index contributed by atoms with van der Waals surface area (Å²) in [6, 6.07) is 1.99. The van der Waals surface area contributed by atoms with E-state index in [1.54, 1.807) is 12.2 Å². The molecule has 142 valence electrons. The highest BCUT2D eigenvalue weighted by atomic mass is 16.5. The standard InChI is InChI=1S/C20H25NO3.C2H6/c1-5-7-14(8-6-2)9-17-16(22)11-20(24-17)10-15(12-21)18(23)19(3,4)13-20;1-2/h5-8,10,16-17,22H,1,9,11,13H2,2-4H3;1-2H3/b8-6-,14-7+;. The first-order valence-electron chi connectivity index (χ1n) is 9.25. The van der Waals surface area contributed by atoms with Gasteiger partial charge in [-0.05, 0) is 25.0 Å². The lowest BCUT2D eigenvalue weighted by Crippen LogP contribution is -2.42. The number of Topliss-reactive ketones (excluding diaryl/α,β-unsaturated/α-hetero) is 1. The van der Waals surface area contributed by atoms with Crippen molar-refractivity contribution < 1.29 is 14.6 Å². The Bertz CT molecular complexity index is 663. The summed E-state index contributed by atoms with van der Waals surface area (Å²) in [4.78, 5) is 12.3. The SMILES string of the molecule is C=C/C=C(\C=C/C)CC1OC2(C=C(C#N)C(=O)C(C)(C)C2)CC1O.CC. The van der Waals surface area contributed by atoms with Crippen LogP contribution in [0, 0.1) is 16.7 Å². The zero-order chi connectivity index (χ0) is 20.0. The molecule has 0 saturated carbocycles. The fraction of sp³-hybridized carbons (Fsp3) is 0.545. The fourth-order valence-corrected chi connectivity index (χ4v) is 3.74. The van der Waals surface area contributed by atoms with Crippen molar-refractivity contribution in [1.82, 2.24) is 0 Å². The minimum Gasteiger partial charge on any atom is -0.390 e. The number of aliphatic hydroxyl groups excluding tert-OH is 1. The molecule has 1 aliphatic carbocycles. The highest BCUT2D eigenvalue weighted by Gasteiger charge is 2.52. The maximum atomic E-state index is 12.3. The fourth-order valence-electron chi connectivity index (χ4n) is 3.74. The Morgan fingerprint density at radius 3 is 2.69 bits per heavy atom. The molecule has 26 heavy (non-hydrogen) atoms. The van der Waals surface area contributed by atoms with Gasteiger partial charge in [0.25, 0.3) is 0 Å². The lowest BCUT2D eigenvalue weighted by atomic mass is 9.69. The summed E-state index contributed by atoms with van der Waals surface area (Å²) in [5, 5.41) is 19.8. The number of carbonyl (C=O) groups excluding carboxylic acids is 1. The Morgan fingerprint density at radius 1 is 1.50 bits per heavy atom. The summed E-state index contributed by atoms with van der Waals surface area (Å²) < 4.78 is 6.20. The Labute approximate surface area is 157 Å². The molecule has 0 amide bonds. The van der Waals surface area contributed by atoms with E-state index in [0.29, 0.717) is 19.3 Å². The molecule has 0 aromatic carbocycles. The van der Waals surface area contributed by atoms with Crippen molar-refractivity contribution in [3.63, 3.8) is 0 Å². The van der Waals surface area contributed by atoms with Crippen molar-refractivity contribution in [3.8, 4) is 6.07 Å². The number of hydrogen-bond donors (Lipinski definition) is 1. The monoisotopic (exact) mass is 357 g/mol. The largest absolute Gasteiger partial charge is 0.390 e. The second kappa shape index (κ2) is 9.12. The molecule has 4 heteroatoms. The van der Waals surface area contributed by atoms with Gasteiger partial charge in [0.2, 0.25) is 0 Å². The molecule has 2 aliphatic rings. The number of nitrogens with zero attached hydrogens (tertiary/aromatic N) is 1. The van der Waals surface area contributed by atoms with Gasteiger partial charge >= 0.3 is 0 Å². The van der Waals surface area contributed by atoms with E-state index >= 15 is 0 Å². The van der Waals surface area contributed by atoms with Gasteiger partial charge in [-0.3, -0.25) is 4.79 Å². The zero-order valence-corrected chi connectivity index (χ0v) is 16.6. The van der Waals surface area contributed by atoms with E-state index in [0.717, 1.165) is 5.57 Å².